The number of methoxy groups -OCH3 is 1. The zero-order chi connectivity index (χ0) is 27.4. The van der Waals surface area contributed by atoms with Crippen LogP contribution in [0.2, 0.25) is 0 Å². The molecule has 12 heteroatoms. The number of esters is 1. The van der Waals surface area contributed by atoms with Crippen LogP contribution in [0.15, 0.2) is 29.6 Å². The number of halogens is 3. The van der Waals surface area contributed by atoms with Gasteiger partial charge in [0.2, 0.25) is 0 Å². The van der Waals surface area contributed by atoms with E-state index in [1.165, 1.54) is 35.8 Å². The van der Waals surface area contributed by atoms with E-state index >= 15 is 0 Å². The van der Waals surface area contributed by atoms with Crippen molar-refractivity contribution in [3.63, 3.8) is 0 Å². The highest BCUT2D eigenvalue weighted by Gasteiger charge is 2.37. The van der Waals surface area contributed by atoms with E-state index in [1.807, 2.05) is 0 Å². The Bertz CT molecular complexity index is 1530. The molecule has 4 aromatic heterocycles. The van der Waals surface area contributed by atoms with Gasteiger partial charge in [-0.25, -0.2) is 14.3 Å². The molecule has 0 aliphatic heterocycles. The summed E-state index contributed by atoms with van der Waals surface area (Å²) in [5.74, 6) is -0.897. The van der Waals surface area contributed by atoms with E-state index in [2.05, 4.69) is 36.2 Å². The van der Waals surface area contributed by atoms with Gasteiger partial charge in [0.05, 0.1) is 23.2 Å². The highest BCUT2D eigenvalue weighted by atomic mass is 32.1. The van der Waals surface area contributed by atoms with Crippen molar-refractivity contribution >= 4 is 45.2 Å². The molecule has 0 saturated carbocycles. The highest BCUT2D eigenvalue weighted by Crippen LogP contribution is 2.44. The first kappa shape index (κ1) is 26.4. The van der Waals surface area contributed by atoms with Crippen molar-refractivity contribution in [3.05, 3.63) is 57.0 Å². The summed E-state index contributed by atoms with van der Waals surface area (Å²) in [7, 11) is 1.27. The van der Waals surface area contributed by atoms with Crippen molar-refractivity contribution in [1.29, 1.82) is 0 Å². The number of carbonyl (C=O) groups is 2. The van der Waals surface area contributed by atoms with Crippen LogP contribution >= 0.6 is 22.7 Å². The molecule has 1 amide bonds. The lowest BCUT2D eigenvalue weighted by Gasteiger charge is -2.33. The number of nitrogens with zero attached hydrogens (tertiary/aromatic N) is 3. The molecule has 0 spiro atoms. The second-order valence-corrected chi connectivity index (χ2v) is 12.3. The molecule has 0 aromatic carbocycles. The number of ether oxygens (including phenoxy) is 1. The van der Waals surface area contributed by atoms with Crippen LogP contribution in [0.4, 0.5) is 18.2 Å². The molecule has 0 bridgehead atoms. The Morgan fingerprint density at radius 3 is 2.61 bits per heavy atom. The van der Waals surface area contributed by atoms with Gasteiger partial charge in [-0.15, -0.1) is 22.7 Å². The quantitative estimate of drug-likeness (QED) is 0.279. The SMILES string of the molecule is COC(=O)c1c(NC(=O)c2cc3nc(-c4cccs4)cc(C(F)(F)F)n3n2)sc2c1CC[C@@H](C(C)(C)C)C2. The summed E-state index contributed by atoms with van der Waals surface area (Å²) >= 11 is 2.56. The maximum atomic E-state index is 13.9. The third-order valence-corrected chi connectivity index (χ3v) is 8.89. The lowest BCUT2D eigenvalue weighted by Crippen LogP contribution is -2.26. The molecule has 1 N–H and O–H groups in total. The molecule has 0 unspecified atom stereocenters. The molecule has 1 aliphatic rings. The van der Waals surface area contributed by atoms with E-state index in [1.54, 1.807) is 17.5 Å². The Morgan fingerprint density at radius 2 is 1.97 bits per heavy atom. The van der Waals surface area contributed by atoms with E-state index in [0.29, 0.717) is 32.3 Å². The predicted octanol–water partition coefficient (Wildman–Crippen LogP) is 6.73. The molecular formula is C26H25F3N4O3S2. The van der Waals surface area contributed by atoms with Crippen LogP contribution in [0.5, 0.6) is 0 Å². The van der Waals surface area contributed by atoms with E-state index in [0.717, 1.165) is 29.3 Å². The van der Waals surface area contributed by atoms with E-state index < -0.39 is 23.7 Å². The van der Waals surface area contributed by atoms with Crippen LogP contribution in [0.1, 0.15) is 64.2 Å². The van der Waals surface area contributed by atoms with Gasteiger partial charge in [0.1, 0.15) is 5.00 Å². The first-order valence-corrected chi connectivity index (χ1v) is 13.6. The fourth-order valence-electron chi connectivity index (χ4n) is 4.74. The third kappa shape index (κ3) is 4.82. The summed E-state index contributed by atoms with van der Waals surface area (Å²) in [6, 6.07) is 5.52. The Hall–Kier alpha value is -3.25. The molecule has 5 rings (SSSR count). The predicted molar refractivity (Wildman–Crippen MR) is 140 cm³/mol. The number of thiophene rings is 2. The zero-order valence-corrected chi connectivity index (χ0v) is 22.7. The van der Waals surface area contributed by atoms with Crippen LogP contribution in [0.3, 0.4) is 0 Å². The van der Waals surface area contributed by atoms with Crippen molar-refractivity contribution in [2.45, 2.75) is 46.2 Å². The molecule has 1 atom stereocenters. The maximum absolute atomic E-state index is 13.9. The lowest BCUT2D eigenvalue weighted by atomic mass is 9.72. The standard InChI is InChI=1S/C26H25F3N4O3S2/c1-25(2,3)13-7-8-14-18(10-13)38-23(21(14)24(35)36-4)31-22(34)16-12-20-30-15(17-6-5-9-37-17)11-19(26(27,28)29)33(20)32-16/h5-6,9,11-13H,7-8,10H2,1-4H3,(H,31,34)/t13-/m1/s1. The lowest BCUT2D eigenvalue weighted by molar-refractivity contribution is -0.142. The Kier molecular flexibility index (Phi) is 6.59. The van der Waals surface area contributed by atoms with Crippen molar-refractivity contribution in [2.75, 3.05) is 12.4 Å². The van der Waals surface area contributed by atoms with Gasteiger partial charge in [-0.1, -0.05) is 26.8 Å². The molecule has 4 aromatic rings. The number of nitrogens with one attached hydrogen (secondary N) is 1. The molecule has 0 saturated heterocycles. The minimum absolute atomic E-state index is 0.0816. The van der Waals surface area contributed by atoms with E-state index in [-0.39, 0.29) is 22.5 Å². The van der Waals surface area contributed by atoms with Crippen LogP contribution in [0, 0.1) is 11.3 Å². The van der Waals surface area contributed by atoms with Crippen molar-refractivity contribution in [3.8, 4) is 10.6 Å². The summed E-state index contributed by atoms with van der Waals surface area (Å²) in [5, 5.41) is 8.69. The molecule has 7 nitrogen and oxygen atoms in total. The monoisotopic (exact) mass is 562 g/mol. The van der Waals surface area contributed by atoms with Gasteiger partial charge in [0.25, 0.3) is 5.91 Å². The normalized spacial score (nSPS) is 15.9. The first-order chi connectivity index (χ1) is 17.9. The van der Waals surface area contributed by atoms with Gasteiger partial charge in [-0.3, -0.25) is 4.79 Å². The van der Waals surface area contributed by atoms with Crippen molar-refractivity contribution < 1.29 is 27.5 Å². The average molecular weight is 563 g/mol. The minimum atomic E-state index is -4.72. The summed E-state index contributed by atoms with van der Waals surface area (Å²) in [4.78, 5) is 31.8. The number of anilines is 1. The fraction of sp³-hybridized carbons (Fsp3) is 0.385. The Balaban J connectivity index is 1.52. The van der Waals surface area contributed by atoms with Gasteiger partial charge >= 0.3 is 12.1 Å². The number of rotatable bonds is 4. The van der Waals surface area contributed by atoms with Crippen molar-refractivity contribution in [2.24, 2.45) is 11.3 Å². The molecule has 200 valence electrons. The molecule has 38 heavy (non-hydrogen) atoms. The molecule has 0 radical (unpaired) electrons. The van der Waals surface area contributed by atoms with Gasteiger partial charge in [-0.2, -0.15) is 18.3 Å². The van der Waals surface area contributed by atoms with Gasteiger partial charge in [-0.05, 0) is 53.7 Å². The van der Waals surface area contributed by atoms with Crippen molar-refractivity contribution in [1.82, 2.24) is 14.6 Å². The van der Waals surface area contributed by atoms with E-state index in [9.17, 15) is 22.8 Å². The van der Waals surface area contributed by atoms with Crippen LogP contribution in [-0.2, 0) is 23.8 Å². The number of hydrogen-bond donors (Lipinski definition) is 1. The van der Waals surface area contributed by atoms with Gasteiger partial charge in [0.15, 0.2) is 17.0 Å². The van der Waals surface area contributed by atoms with Crippen LogP contribution in [0.25, 0.3) is 16.2 Å². The summed E-state index contributed by atoms with van der Waals surface area (Å²) in [6.07, 6.45) is -2.38. The second-order valence-electron chi connectivity index (χ2n) is 10.3. The molecule has 1 aliphatic carbocycles. The fourth-order valence-corrected chi connectivity index (χ4v) is 6.73. The Morgan fingerprint density at radius 1 is 1.21 bits per heavy atom. The number of hydrogen-bond acceptors (Lipinski definition) is 7. The largest absolute Gasteiger partial charge is 0.465 e. The summed E-state index contributed by atoms with van der Waals surface area (Å²) in [6.45, 7) is 6.53. The highest BCUT2D eigenvalue weighted by molar-refractivity contribution is 7.17. The smallest absolute Gasteiger partial charge is 0.433 e. The maximum Gasteiger partial charge on any atom is 0.433 e. The topological polar surface area (TPSA) is 85.6 Å². The minimum Gasteiger partial charge on any atom is -0.465 e. The number of aromatic nitrogens is 3. The first-order valence-electron chi connectivity index (χ1n) is 11.9. The number of amides is 1. The Labute approximate surface area is 224 Å². The van der Waals surface area contributed by atoms with Gasteiger partial charge in [0, 0.05) is 10.9 Å². The van der Waals surface area contributed by atoms with Gasteiger partial charge < -0.3 is 10.1 Å². The third-order valence-electron chi connectivity index (χ3n) is 6.83. The molecule has 0 fully saturated rings. The molecular weight excluding hydrogens is 537 g/mol. The molecule has 4 heterocycles. The number of fused-ring (bicyclic) bond motifs is 2. The summed E-state index contributed by atoms with van der Waals surface area (Å²) in [5.41, 5.74) is -0.0291. The number of carbonyl (C=O) groups excluding carboxylic acids is 2. The average Bonchev–Trinajstić information content (AvgIpc) is 3.59. The van der Waals surface area contributed by atoms with Crippen LogP contribution < -0.4 is 5.32 Å². The zero-order valence-electron chi connectivity index (χ0n) is 21.1. The van der Waals surface area contributed by atoms with E-state index in [4.69, 9.17) is 4.74 Å². The summed E-state index contributed by atoms with van der Waals surface area (Å²) < 4.78 is 47.3. The number of alkyl halides is 3. The van der Waals surface area contributed by atoms with Crippen LogP contribution in [-0.4, -0.2) is 33.6 Å². The second kappa shape index (κ2) is 9.49.